The first-order valence-corrected chi connectivity index (χ1v) is 16.7. The second kappa shape index (κ2) is 9.38. The number of pyridine rings is 2. The highest BCUT2D eigenvalue weighted by molar-refractivity contribution is 6.15. The van der Waals surface area contributed by atoms with Crippen molar-refractivity contribution < 1.29 is 9.84 Å². The van der Waals surface area contributed by atoms with E-state index in [1.165, 1.54) is 16.3 Å². The van der Waals surface area contributed by atoms with Gasteiger partial charge in [-0.05, 0) is 46.2 Å². The monoisotopic (exact) mass is 630 g/mol. The minimum atomic E-state index is -0.390. The summed E-state index contributed by atoms with van der Waals surface area (Å²) in [5, 5.41) is 16.4. The molecule has 6 nitrogen and oxygen atoms in total. The number of para-hydroxylation sites is 3. The van der Waals surface area contributed by atoms with Crippen LogP contribution in [0.15, 0.2) is 97.1 Å². The van der Waals surface area contributed by atoms with Crippen molar-refractivity contribution in [1.29, 1.82) is 0 Å². The van der Waals surface area contributed by atoms with Crippen LogP contribution in [0, 0.1) is 0 Å². The minimum absolute atomic E-state index is 0.171. The van der Waals surface area contributed by atoms with Crippen molar-refractivity contribution in [2.24, 2.45) is 0 Å². The van der Waals surface area contributed by atoms with E-state index < -0.39 is 5.41 Å². The maximum absolute atomic E-state index is 11.3. The first-order valence-electron chi connectivity index (χ1n) is 16.7. The van der Waals surface area contributed by atoms with E-state index in [-0.39, 0.29) is 16.6 Å². The molecule has 238 valence electrons. The number of benzene rings is 4. The normalized spacial score (nSPS) is 15.4. The van der Waals surface area contributed by atoms with E-state index in [9.17, 15) is 5.11 Å². The van der Waals surface area contributed by atoms with Crippen molar-refractivity contribution in [3.05, 3.63) is 114 Å². The summed E-state index contributed by atoms with van der Waals surface area (Å²) < 4.78 is 11.4. The van der Waals surface area contributed by atoms with Gasteiger partial charge in [-0.2, -0.15) is 9.97 Å². The molecule has 0 unspecified atom stereocenters. The third kappa shape index (κ3) is 3.69. The third-order valence-corrected chi connectivity index (χ3v) is 11.2. The molecule has 4 aromatic heterocycles. The van der Waals surface area contributed by atoms with Gasteiger partial charge >= 0.3 is 0 Å². The molecule has 0 atom stereocenters. The standard InChI is InChI=1S/C42H38N4O2/c1-40(2,3)24-22-33(45-30-19-10-8-14-25(30)26-15-9-11-20-31(26)45)43-34(23-24)48-39-37-42(6,7)41(4,5)29-18-12-17-28-27-16-13-21-32(47)35(27)38(44-39)46(37)36(28)29/h8-23,47H,1-7H3. The molecule has 0 saturated carbocycles. The first-order chi connectivity index (χ1) is 22.9. The number of fused-ring (bicyclic) bond motifs is 6. The fourth-order valence-corrected chi connectivity index (χ4v) is 7.90. The van der Waals surface area contributed by atoms with Gasteiger partial charge in [0.2, 0.25) is 11.8 Å². The quantitative estimate of drug-likeness (QED) is 0.197. The molecule has 48 heavy (non-hydrogen) atoms. The van der Waals surface area contributed by atoms with Gasteiger partial charge in [0.05, 0.1) is 27.6 Å². The van der Waals surface area contributed by atoms with Gasteiger partial charge in [-0.1, -0.05) is 115 Å². The SMILES string of the molecule is CC(C)(C)c1cc(Oc2nc3c4c(O)cccc4c4cccc5c4n3c2C(C)(C)C5(C)C)nc(-n2c3ccccc3c3ccccc32)c1. The van der Waals surface area contributed by atoms with Crippen molar-refractivity contribution in [2.75, 3.05) is 0 Å². The lowest BCUT2D eigenvalue weighted by molar-refractivity contribution is 0.278. The van der Waals surface area contributed by atoms with Crippen molar-refractivity contribution in [2.45, 2.75) is 64.7 Å². The lowest BCUT2D eigenvalue weighted by atomic mass is 9.60. The number of aromatic nitrogens is 4. The Morgan fingerprint density at radius 1 is 0.688 bits per heavy atom. The van der Waals surface area contributed by atoms with E-state index in [0.29, 0.717) is 17.4 Å². The van der Waals surface area contributed by atoms with E-state index >= 15 is 0 Å². The van der Waals surface area contributed by atoms with Gasteiger partial charge < -0.3 is 9.84 Å². The summed E-state index contributed by atoms with van der Waals surface area (Å²) in [6, 6.07) is 33.4. The highest BCUT2D eigenvalue weighted by Gasteiger charge is 2.49. The Morgan fingerprint density at radius 2 is 1.31 bits per heavy atom. The third-order valence-electron chi connectivity index (χ3n) is 11.2. The molecule has 0 bridgehead atoms. The van der Waals surface area contributed by atoms with Gasteiger partial charge in [0, 0.05) is 33.1 Å². The maximum Gasteiger partial charge on any atom is 0.243 e. The molecule has 0 saturated heterocycles. The highest BCUT2D eigenvalue weighted by Crippen LogP contribution is 2.54. The van der Waals surface area contributed by atoms with Crippen molar-refractivity contribution >= 4 is 49.1 Å². The van der Waals surface area contributed by atoms with Gasteiger partial charge in [-0.15, -0.1) is 0 Å². The Bertz CT molecular complexity index is 2600. The molecule has 1 aliphatic rings. The summed E-state index contributed by atoms with van der Waals surface area (Å²) in [6.07, 6.45) is 0. The molecule has 6 heteroatoms. The van der Waals surface area contributed by atoms with E-state index in [0.717, 1.165) is 49.8 Å². The highest BCUT2D eigenvalue weighted by atomic mass is 16.5. The zero-order chi connectivity index (χ0) is 33.3. The van der Waals surface area contributed by atoms with Crippen LogP contribution in [-0.2, 0) is 16.2 Å². The molecule has 8 aromatic rings. The summed E-state index contributed by atoms with van der Waals surface area (Å²) in [7, 11) is 0. The van der Waals surface area contributed by atoms with Crippen LogP contribution in [0.4, 0.5) is 0 Å². The molecule has 4 aromatic carbocycles. The predicted molar refractivity (Wildman–Crippen MR) is 195 cm³/mol. The van der Waals surface area contributed by atoms with Crippen LogP contribution >= 0.6 is 0 Å². The summed E-state index contributed by atoms with van der Waals surface area (Å²) in [5.74, 6) is 1.98. The fraction of sp³-hybridized carbons (Fsp3) is 0.238. The zero-order valence-electron chi connectivity index (χ0n) is 28.4. The number of imidazole rings is 1. The average molecular weight is 631 g/mol. The number of ether oxygens (including phenoxy) is 1. The van der Waals surface area contributed by atoms with Crippen molar-refractivity contribution in [1.82, 2.24) is 18.9 Å². The second-order valence-electron chi connectivity index (χ2n) is 15.4. The Labute approximate surface area is 279 Å². The van der Waals surface area contributed by atoms with Crippen LogP contribution in [0.5, 0.6) is 17.5 Å². The summed E-state index contributed by atoms with van der Waals surface area (Å²) in [6.45, 7) is 15.8. The topological polar surface area (TPSA) is 64.6 Å². The molecule has 1 N–H and O–H groups in total. The van der Waals surface area contributed by atoms with E-state index in [4.69, 9.17) is 14.7 Å². The van der Waals surface area contributed by atoms with Crippen LogP contribution in [0.1, 0.15) is 65.3 Å². The van der Waals surface area contributed by atoms with Crippen LogP contribution in [-0.4, -0.2) is 24.0 Å². The molecule has 0 aliphatic carbocycles. The lowest BCUT2D eigenvalue weighted by Gasteiger charge is -2.45. The predicted octanol–water partition coefficient (Wildman–Crippen LogP) is 10.5. The van der Waals surface area contributed by atoms with Crippen LogP contribution in [0.25, 0.3) is 54.9 Å². The van der Waals surface area contributed by atoms with Gasteiger partial charge in [0.15, 0.2) is 5.65 Å². The van der Waals surface area contributed by atoms with Gasteiger partial charge in [0.1, 0.15) is 11.6 Å². The molecular formula is C42H38N4O2. The molecule has 0 fully saturated rings. The van der Waals surface area contributed by atoms with Crippen LogP contribution < -0.4 is 4.74 Å². The maximum atomic E-state index is 11.3. The number of rotatable bonds is 3. The number of phenols is 1. The van der Waals surface area contributed by atoms with Crippen molar-refractivity contribution in [3.8, 4) is 23.3 Å². The molecule has 0 amide bonds. The van der Waals surface area contributed by atoms with E-state index in [1.54, 1.807) is 6.07 Å². The van der Waals surface area contributed by atoms with Crippen molar-refractivity contribution in [3.63, 3.8) is 0 Å². The summed E-state index contributed by atoms with van der Waals surface area (Å²) in [5.41, 5.74) is 6.49. The van der Waals surface area contributed by atoms with Gasteiger partial charge in [-0.25, -0.2) is 0 Å². The number of nitrogens with zero attached hydrogens (tertiary/aromatic N) is 4. The smallest absolute Gasteiger partial charge is 0.243 e. The molecule has 0 radical (unpaired) electrons. The van der Waals surface area contributed by atoms with Crippen LogP contribution in [0.3, 0.4) is 0 Å². The zero-order valence-corrected chi connectivity index (χ0v) is 28.4. The Kier molecular flexibility index (Phi) is 5.63. The molecular weight excluding hydrogens is 592 g/mol. The molecule has 1 aliphatic heterocycles. The largest absolute Gasteiger partial charge is 0.507 e. The summed E-state index contributed by atoms with van der Waals surface area (Å²) in [4.78, 5) is 10.4. The Hall–Kier alpha value is -5.36. The second-order valence-corrected chi connectivity index (χ2v) is 15.4. The number of hydrogen-bond donors (Lipinski definition) is 1. The minimum Gasteiger partial charge on any atom is -0.507 e. The molecule has 0 spiro atoms. The first kappa shape index (κ1) is 28.8. The van der Waals surface area contributed by atoms with Gasteiger partial charge in [-0.3, -0.25) is 8.97 Å². The fourth-order valence-electron chi connectivity index (χ4n) is 7.90. The van der Waals surface area contributed by atoms with E-state index in [2.05, 4.69) is 136 Å². The molecule has 5 heterocycles. The Morgan fingerprint density at radius 3 is 2.00 bits per heavy atom. The number of phenolic OH excluding ortho intramolecular Hbond substituents is 1. The number of aromatic hydroxyl groups is 1. The Balaban J connectivity index is 1.35. The number of hydrogen-bond acceptors (Lipinski definition) is 4. The van der Waals surface area contributed by atoms with Gasteiger partial charge in [0.25, 0.3) is 0 Å². The average Bonchev–Trinajstić information content (AvgIpc) is 3.60. The molecule has 9 rings (SSSR count). The summed E-state index contributed by atoms with van der Waals surface area (Å²) >= 11 is 0. The van der Waals surface area contributed by atoms with Crippen LogP contribution in [0.2, 0.25) is 0 Å². The van der Waals surface area contributed by atoms with E-state index in [1.807, 2.05) is 12.1 Å². The lowest BCUT2D eigenvalue weighted by Crippen LogP contribution is -2.44.